The van der Waals surface area contributed by atoms with Gasteiger partial charge in [0.15, 0.2) is 0 Å². The summed E-state index contributed by atoms with van der Waals surface area (Å²) in [5.74, 6) is 0.923. The molecule has 16 heavy (non-hydrogen) atoms. The first kappa shape index (κ1) is 12.3. The molecule has 2 unspecified atom stereocenters. The van der Waals surface area contributed by atoms with Crippen molar-refractivity contribution < 1.29 is 4.74 Å². The average molecular weight is 226 g/mol. The largest absolute Gasteiger partial charge is 0.379 e. The van der Waals surface area contributed by atoms with E-state index in [1.165, 1.54) is 32.2 Å². The van der Waals surface area contributed by atoms with Gasteiger partial charge in [-0.15, -0.1) is 0 Å². The van der Waals surface area contributed by atoms with Crippen LogP contribution >= 0.6 is 0 Å². The van der Waals surface area contributed by atoms with Crippen molar-refractivity contribution in [1.82, 2.24) is 4.90 Å². The van der Waals surface area contributed by atoms with Crippen molar-refractivity contribution in [2.45, 2.75) is 38.6 Å². The molecule has 1 saturated heterocycles. The van der Waals surface area contributed by atoms with Gasteiger partial charge in [0.1, 0.15) is 0 Å². The van der Waals surface area contributed by atoms with Crippen LogP contribution in [0.3, 0.4) is 0 Å². The minimum atomic E-state index is 0.160. The van der Waals surface area contributed by atoms with E-state index in [0.717, 1.165) is 25.7 Å². The van der Waals surface area contributed by atoms with Gasteiger partial charge in [-0.2, -0.15) is 0 Å². The van der Waals surface area contributed by atoms with E-state index in [0.29, 0.717) is 0 Å². The average Bonchev–Trinajstić information content (AvgIpc) is 2.79. The van der Waals surface area contributed by atoms with E-state index in [2.05, 4.69) is 18.9 Å². The summed E-state index contributed by atoms with van der Waals surface area (Å²) < 4.78 is 5.49. The van der Waals surface area contributed by atoms with E-state index in [9.17, 15) is 0 Å². The molecular formula is C13H26N2O. The van der Waals surface area contributed by atoms with Crippen molar-refractivity contribution in [2.24, 2.45) is 17.1 Å². The molecule has 1 heterocycles. The van der Waals surface area contributed by atoms with E-state index in [1.807, 2.05) is 0 Å². The molecule has 3 heteroatoms. The summed E-state index contributed by atoms with van der Waals surface area (Å²) in [6.07, 6.45) is 5.70. The van der Waals surface area contributed by atoms with Crippen molar-refractivity contribution in [3.8, 4) is 0 Å². The first-order chi connectivity index (χ1) is 7.60. The van der Waals surface area contributed by atoms with Gasteiger partial charge < -0.3 is 15.4 Å². The Bertz CT molecular complexity index is 228. The van der Waals surface area contributed by atoms with Crippen LogP contribution in [0.4, 0.5) is 0 Å². The quantitative estimate of drug-likeness (QED) is 0.789. The predicted molar refractivity (Wildman–Crippen MR) is 66.4 cm³/mol. The van der Waals surface area contributed by atoms with Crippen molar-refractivity contribution in [3.05, 3.63) is 0 Å². The molecule has 0 radical (unpaired) electrons. The Balaban J connectivity index is 1.79. The Morgan fingerprint density at radius 1 is 1.38 bits per heavy atom. The van der Waals surface area contributed by atoms with Crippen molar-refractivity contribution in [3.63, 3.8) is 0 Å². The topological polar surface area (TPSA) is 38.5 Å². The van der Waals surface area contributed by atoms with E-state index in [-0.39, 0.29) is 11.5 Å². The van der Waals surface area contributed by atoms with E-state index < -0.39 is 0 Å². The van der Waals surface area contributed by atoms with Gasteiger partial charge in [-0.05, 0) is 25.8 Å². The lowest BCUT2D eigenvalue weighted by Gasteiger charge is -2.33. The summed E-state index contributed by atoms with van der Waals surface area (Å²) in [6, 6.07) is 0.207. The van der Waals surface area contributed by atoms with E-state index in [1.54, 1.807) is 0 Å². The lowest BCUT2D eigenvalue weighted by Crippen LogP contribution is -2.46. The molecule has 2 atom stereocenters. The molecule has 3 nitrogen and oxygen atoms in total. The monoisotopic (exact) mass is 226 g/mol. The first-order valence-corrected chi connectivity index (χ1v) is 6.62. The molecule has 2 fully saturated rings. The minimum absolute atomic E-state index is 0.160. The zero-order chi connectivity index (χ0) is 11.6. The molecule has 1 aliphatic carbocycles. The molecule has 0 amide bonds. The summed E-state index contributed by atoms with van der Waals surface area (Å²) in [4.78, 5) is 2.46. The minimum Gasteiger partial charge on any atom is -0.379 e. The van der Waals surface area contributed by atoms with Crippen LogP contribution in [0.2, 0.25) is 0 Å². The summed E-state index contributed by atoms with van der Waals surface area (Å²) >= 11 is 0. The van der Waals surface area contributed by atoms with Crippen molar-refractivity contribution >= 4 is 0 Å². The second-order valence-corrected chi connectivity index (χ2v) is 6.12. The Morgan fingerprint density at radius 2 is 2.06 bits per heavy atom. The van der Waals surface area contributed by atoms with Gasteiger partial charge in [0, 0.05) is 24.5 Å². The van der Waals surface area contributed by atoms with Gasteiger partial charge in [0.25, 0.3) is 0 Å². The lowest BCUT2D eigenvalue weighted by atomic mass is 9.85. The predicted octanol–water partition coefficient (Wildman–Crippen LogP) is 1.47. The van der Waals surface area contributed by atoms with Gasteiger partial charge in [-0.3, -0.25) is 0 Å². The second-order valence-electron chi connectivity index (χ2n) is 6.12. The molecule has 2 N–H and O–H groups in total. The first-order valence-electron chi connectivity index (χ1n) is 6.62. The molecule has 0 aromatic rings. The summed E-state index contributed by atoms with van der Waals surface area (Å²) in [6.45, 7) is 6.12. The van der Waals surface area contributed by atoms with Crippen LogP contribution in [0.5, 0.6) is 0 Å². The standard InChI is InChI=1S/C13H26N2O/c1-13(10-16-8-12(13)14)9-15(2)7-11-5-3-4-6-11/h11-12H,3-10,14H2,1-2H3. The van der Waals surface area contributed by atoms with Crippen LogP contribution in [-0.2, 0) is 4.74 Å². The SMILES string of the molecule is CN(CC1CCCC1)CC1(C)COCC1N. The number of nitrogens with two attached hydrogens (primary N) is 1. The van der Waals surface area contributed by atoms with Crippen LogP contribution < -0.4 is 5.73 Å². The smallest absolute Gasteiger partial charge is 0.0624 e. The fraction of sp³-hybridized carbons (Fsp3) is 1.00. The van der Waals surface area contributed by atoms with Gasteiger partial charge in [-0.25, -0.2) is 0 Å². The van der Waals surface area contributed by atoms with Crippen LogP contribution in [0, 0.1) is 11.3 Å². The zero-order valence-corrected chi connectivity index (χ0v) is 10.7. The molecule has 1 aliphatic heterocycles. The molecule has 0 aromatic heterocycles. The number of nitrogens with zero attached hydrogens (tertiary/aromatic N) is 1. The highest BCUT2D eigenvalue weighted by atomic mass is 16.5. The molecule has 94 valence electrons. The summed E-state index contributed by atoms with van der Waals surface area (Å²) in [5.41, 5.74) is 6.28. The van der Waals surface area contributed by atoms with Gasteiger partial charge in [0.05, 0.1) is 13.2 Å². The Labute approximate surface area is 99.3 Å². The normalized spacial score (nSPS) is 36.4. The number of ether oxygens (including phenoxy) is 1. The fourth-order valence-electron chi connectivity index (χ4n) is 3.21. The third kappa shape index (κ3) is 2.76. The Hall–Kier alpha value is -0.120. The van der Waals surface area contributed by atoms with Gasteiger partial charge >= 0.3 is 0 Å². The highest BCUT2D eigenvalue weighted by Crippen LogP contribution is 2.30. The highest BCUT2D eigenvalue weighted by molar-refractivity contribution is 4.92. The van der Waals surface area contributed by atoms with Crippen LogP contribution in [0.1, 0.15) is 32.6 Å². The lowest BCUT2D eigenvalue weighted by molar-refractivity contribution is 0.123. The molecule has 0 spiro atoms. The fourth-order valence-corrected chi connectivity index (χ4v) is 3.21. The van der Waals surface area contributed by atoms with E-state index >= 15 is 0 Å². The number of hydrogen-bond acceptors (Lipinski definition) is 3. The van der Waals surface area contributed by atoms with E-state index in [4.69, 9.17) is 10.5 Å². The molecule has 0 aromatic carbocycles. The highest BCUT2D eigenvalue weighted by Gasteiger charge is 2.38. The van der Waals surface area contributed by atoms with Crippen LogP contribution in [-0.4, -0.2) is 44.3 Å². The maximum Gasteiger partial charge on any atom is 0.0624 e. The molecule has 1 saturated carbocycles. The molecule has 2 rings (SSSR count). The maximum absolute atomic E-state index is 6.12. The van der Waals surface area contributed by atoms with Crippen molar-refractivity contribution in [1.29, 1.82) is 0 Å². The second kappa shape index (κ2) is 5.03. The zero-order valence-electron chi connectivity index (χ0n) is 10.7. The Morgan fingerprint density at radius 3 is 2.62 bits per heavy atom. The van der Waals surface area contributed by atoms with Crippen LogP contribution in [0.15, 0.2) is 0 Å². The van der Waals surface area contributed by atoms with Gasteiger partial charge in [0.2, 0.25) is 0 Å². The van der Waals surface area contributed by atoms with Crippen LogP contribution in [0.25, 0.3) is 0 Å². The third-order valence-corrected chi connectivity index (χ3v) is 4.30. The maximum atomic E-state index is 6.12. The Kier molecular flexibility index (Phi) is 3.88. The number of hydrogen-bond donors (Lipinski definition) is 1. The molecular weight excluding hydrogens is 200 g/mol. The van der Waals surface area contributed by atoms with Crippen molar-refractivity contribution in [2.75, 3.05) is 33.4 Å². The number of rotatable bonds is 4. The molecule has 2 aliphatic rings. The molecule has 0 bridgehead atoms. The summed E-state index contributed by atoms with van der Waals surface area (Å²) in [5, 5.41) is 0. The van der Waals surface area contributed by atoms with Gasteiger partial charge in [-0.1, -0.05) is 19.8 Å². The third-order valence-electron chi connectivity index (χ3n) is 4.30. The summed E-state index contributed by atoms with van der Waals surface area (Å²) in [7, 11) is 2.23.